The fourth-order valence-electron chi connectivity index (χ4n) is 2.68. The van der Waals surface area contributed by atoms with Crippen LogP contribution in [0.4, 0.5) is 0 Å². The summed E-state index contributed by atoms with van der Waals surface area (Å²) in [6, 6.07) is 5.87. The molecule has 0 radical (unpaired) electrons. The van der Waals surface area contributed by atoms with Crippen LogP contribution in [0.5, 0.6) is 11.5 Å². The number of hydrogen-bond acceptors (Lipinski definition) is 3. The first-order valence-electron chi connectivity index (χ1n) is 6.17. The largest absolute Gasteiger partial charge is 0.493 e. The Bertz CT molecular complexity index is 376. The van der Waals surface area contributed by atoms with Gasteiger partial charge in [0, 0.05) is 11.5 Å². The van der Waals surface area contributed by atoms with E-state index in [9.17, 15) is 5.11 Å². The third-order valence-electron chi connectivity index (χ3n) is 3.56. The van der Waals surface area contributed by atoms with E-state index in [0.717, 1.165) is 36.3 Å². The monoisotopic (exact) mass is 236 g/mol. The second-order valence-corrected chi connectivity index (χ2v) is 4.54. The topological polar surface area (TPSA) is 38.7 Å². The summed E-state index contributed by atoms with van der Waals surface area (Å²) in [5.74, 6) is 1.68. The number of aliphatic hydroxyl groups is 1. The first-order chi connectivity index (χ1) is 8.27. The molecule has 0 aliphatic heterocycles. The minimum atomic E-state index is -0.259. The van der Waals surface area contributed by atoms with Crippen molar-refractivity contribution >= 4 is 0 Å². The standard InChI is InChI=1S/C14H20O3/c1-16-13-9-5-7-11(14(13)17-2)10-6-3-4-8-12(10)15/h5,7,9-10,12,15H,3-4,6,8H2,1-2H3/t10-,12+/m1/s1. The average Bonchev–Trinajstić information content (AvgIpc) is 2.38. The molecule has 1 aliphatic carbocycles. The van der Waals surface area contributed by atoms with Gasteiger partial charge in [0.25, 0.3) is 0 Å². The Morgan fingerprint density at radius 1 is 1.12 bits per heavy atom. The van der Waals surface area contributed by atoms with Crippen LogP contribution in [0.15, 0.2) is 18.2 Å². The maximum atomic E-state index is 10.1. The van der Waals surface area contributed by atoms with E-state index >= 15 is 0 Å². The van der Waals surface area contributed by atoms with Gasteiger partial charge in [-0.05, 0) is 18.9 Å². The van der Waals surface area contributed by atoms with Crippen LogP contribution in [-0.4, -0.2) is 25.4 Å². The molecule has 3 nitrogen and oxygen atoms in total. The lowest BCUT2D eigenvalue weighted by molar-refractivity contribution is 0.105. The summed E-state index contributed by atoms with van der Waals surface area (Å²) in [5, 5.41) is 10.1. The highest BCUT2D eigenvalue weighted by Crippen LogP contribution is 2.41. The predicted molar refractivity (Wildman–Crippen MR) is 66.8 cm³/mol. The van der Waals surface area contributed by atoms with Gasteiger partial charge in [-0.2, -0.15) is 0 Å². The van der Waals surface area contributed by atoms with E-state index < -0.39 is 0 Å². The number of hydrogen-bond donors (Lipinski definition) is 1. The molecule has 0 bridgehead atoms. The molecule has 94 valence electrons. The van der Waals surface area contributed by atoms with E-state index in [0.29, 0.717) is 0 Å². The summed E-state index contributed by atoms with van der Waals surface area (Å²) in [6.45, 7) is 0. The zero-order valence-corrected chi connectivity index (χ0v) is 10.5. The third-order valence-corrected chi connectivity index (χ3v) is 3.56. The van der Waals surface area contributed by atoms with E-state index in [1.165, 1.54) is 6.42 Å². The zero-order chi connectivity index (χ0) is 12.3. The molecule has 3 heteroatoms. The highest BCUT2D eigenvalue weighted by molar-refractivity contribution is 5.48. The van der Waals surface area contributed by atoms with Crippen molar-refractivity contribution in [2.45, 2.75) is 37.7 Å². The molecule has 0 amide bonds. The predicted octanol–water partition coefficient (Wildman–Crippen LogP) is 2.72. The Hall–Kier alpha value is -1.22. The molecule has 1 aromatic rings. The summed E-state index contributed by atoms with van der Waals surface area (Å²) >= 11 is 0. The molecule has 2 atom stereocenters. The summed E-state index contributed by atoms with van der Waals surface area (Å²) in [5.41, 5.74) is 1.07. The molecular formula is C14H20O3. The fourth-order valence-corrected chi connectivity index (χ4v) is 2.68. The van der Waals surface area contributed by atoms with Gasteiger partial charge in [0.2, 0.25) is 0 Å². The number of para-hydroxylation sites is 1. The second kappa shape index (κ2) is 5.41. The molecule has 0 spiro atoms. The number of methoxy groups -OCH3 is 2. The SMILES string of the molecule is COc1cccc([C@H]2CCCC[C@@H]2O)c1OC. The van der Waals surface area contributed by atoms with Gasteiger partial charge in [-0.15, -0.1) is 0 Å². The van der Waals surface area contributed by atoms with E-state index in [4.69, 9.17) is 9.47 Å². The van der Waals surface area contributed by atoms with Crippen LogP contribution in [0.2, 0.25) is 0 Å². The van der Waals surface area contributed by atoms with Crippen molar-refractivity contribution in [2.24, 2.45) is 0 Å². The van der Waals surface area contributed by atoms with Gasteiger partial charge in [-0.1, -0.05) is 25.0 Å². The molecule has 1 saturated carbocycles. The van der Waals surface area contributed by atoms with E-state index in [-0.39, 0.29) is 12.0 Å². The maximum absolute atomic E-state index is 10.1. The summed E-state index contributed by atoms with van der Waals surface area (Å²) in [6.07, 6.45) is 3.92. The smallest absolute Gasteiger partial charge is 0.164 e. The lowest BCUT2D eigenvalue weighted by atomic mass is 9.81. The minimum Gasteiger partial charge on any atom is -0.493 e. The lowest BCUT2D eigenvalue weighted by Crippen LogP contribution is -2.23. The van der Waals surface area contributed by atoms with Crippen molar-refractivity contribution in [1.82, 2.24) is 0 Å². The highest BCUT2D eigenvalue weighted by Gasteiger charge is 2.28. The van der Waals surface area contributed by atoms with Gasteiger partial charge >= 0.3 is 0 Å². The van der Waals surface area contributed by atoms with Crippen LogP contribution in [-0.2, 0) is 0 Å². The Morgan fingerprint density at radius 3 is 2.53 bits per heavy atom. The molecular weight excluding hydrogens is 216 g/mol. The minimum absolute atomic E-state index is 0.175. The van der Waals surface area contributed by atoms with Gasteiger partial charge < -0.3 is 14.6 Å². The van der Waals surface area contributed by atoms with E-state index in [1.807, 2.05) is 18.2 Å². The van der Waals surface area contributed by atoms with Crippen molar-refractivity contribution < 1.29 is 14.6 Å². The highest BCUT2D eigenvalue weighted by atomic mass is 16.5. The van der Waals surface area contributed by atoms with Gasteiger partial charge in [0.1, 0.15) is 0 Å². The molecule has 1 aromatic carbocycles. The molecule has 17 heavy (non-hydrogen) atoms. The quantitative estimate of drug-likeness (QED) is 0.877. The number of aliphatic hydroxyl groups excluding tert-OH is 1. The van der Waals surface area contributed by atoms with Gasteiger partial charge in [0.05, 0.1) is 20.3 Å². The van der Waals surface area contributed by atoms with Crippen LogP contribution >= 0.6 is 0 Å². The Labute approximate surface area is 102 Å². The van der Waals surface area contributed by atoms with Crippen LogP contribution in [0.3, 0.4) is 0 Å². The molecule has 1 fully saturated rings. The van der Waals surface area contributed by atoms with Crippen LogP contribution < -0.4 is 9.47 Å². The third kappa shape index (κ3) is 2.39. The van der Waals surface area contributed by atoms with Crippen molar-refractivity contribution in [1.29, 1.82) is 0 Å². The second-order valence-electron chi connectivity index (χ2n) is 4.54. The fraction of sp³-hybridized carbons (Fsp3) is 0.571. The molecule has 1 N–H and O–H groups in total. The van der Waals surface area contributed by atoms with Crippen molar-refractivity contribution in [2.75, 3.05) is 14.2 Å². The molecule has 0 saturated heterocycles. The normalized spacial score (nSPS) is 24.4. The summed E-state index contributed by atoms with van der Waals surface area (Å²) < 4.78 is 10.7. The van der Waals surface area contributed by atoms with Crippen LogP contribution in [0.1, 0.15) is 37.2 Å². The summed E-state index contributed by atoms with van der Waals surface area (Å²) in [7, 11) is 3.29. The van der Waals surface area contributed by atoms with Crippen LogP contribution in [0, 0.1) is 0 Å². The Kier molecular flexibility index (Phi) is 3.89. The van der Waals surface area contributed by atoms with Gasteiger partial charge in [0.15, 0.2) is 11.5 Å². The zero-order valence-electron chi connectivity index (χ0n) is 10.5. The molecule has 0 unspecified atom stereocenters. The van der Waals surface area contributed by atoms with Crippen molar-refractivity contribution in [3.05, 3.63) is 23.8 Å². The van der Waals surface area contributed by atoms with E-state index in [2.05, 4.69) is 0 Å². The number of ether oxygens (including phenoxy) is 2. The number of benzene rings is 1. The first kappa shape index (κ1) is 12.2. The Morgan fingerprint density at radius 2 is 1.88 bits per heavy atom. The lowest BCUT2D eigenvalue weighted by Gasteiger charge is -2.29. The first-order valence-corrected chi connectivity index (χ1v) is 6.17. The van der Waals surface area contributed by atoms with Crippen LogP contribution in [0.25, 0.3) is 0 Å². The molecule has 1 aliphatic rings. The summed E-state index contributed by atoms with van der Waals surface area (Å²) in [4.78, 5) is 0. The van der Waals surface area contributed by atoms with Crippen molar-refractivity contribution in [3.8, 4) is 11.5 Å². The maximum Gasteiger partial charge on any atom is 0.164 e. The van der Waals surface area contributed by atoms with Crippen molar-refractivity contribution in [3.63, 3.8) is 0 Å². The Balaban J connectivity index is 2.36. The van der Waals surface area contributed by atoms with Gasteiger partial charge in [-0.3, -0.25) is 0 Å². The van der Waals surface area contributed by atoms with Gasteiger partial charge in [-0.25, -0.2) is 0 Å². The van der Waals surface area contributed by atoms with E-state index in [1.54, 1.807) is 14.2 Å². The molecule has 0 heterocycles. The average molecular weight is 236 g/mol. The number of rotatable bonds is 3. The molecule has 2 rings (SSSR count). The molecule has 0 aromatic heterocycles.